The van der Waals surface area contributed by atoms with Crippen molar-refractivity contribution in [1.29, 1.82) is 0 Å². The third-order valence-electron chi connectivity index (χ3n) is 3.58. The molecule has 1 saturated heterocycles. The molecule has 102 valence electrons. The molecule has 0 bridgehead atoms. The Morgan fingerprint density at radius 3 is 3.26 bits per heavy atom. The van der Waals surface area contributed by atoms with Gasteiger partial charge in [0.2, 0.25) is 0 Å². The summed E-state index contributed by atoms with van der Waals surface area (Å²) in [4.78, 5) is 12.2. The van der Waals surface area contributed by atoms with Crippen molar-refractivity contribution in [3.05, 3.63) is 34.1 Å². The van der Waals surface area contributed by atoms with Gasteiger partial charge in [-0.05, 0) is 29.9 Å². The van der Waals surface area contributed by atoms with Crippen LogP contribution in [0.4, 0.5) is 0 Å². The molecule has 0 saturated carbocycles. The van der Waals surface area contributed by atoms with Gasteiger partial charge in [-0.15, -0.1) is 11.3 Å². The number of rotatable bonds is 5. The van der Waals surface area contributed by atoms with Crippen molar-refractivity contribution in [3.8, 4) is 0 Å². The maximum absolute atomic E-state index is 12.2. The van der Waals surface area contributed by atoms with E-state index in [1.54, 1.807) is 15.9 Å². The van der Waals surface area contributed by atoms with Gasteiger partial charge in [-0.25, -0.2) is 0 Å². The smallest absolute Gasteiger partial charge is 0.259 e. The van der Waals surface area contributed by atoms with Crippen LogP contribution in [0.1, 0.15) is 6.42 Å². The maximum Gasteiger partial charge on any atom is 0.259 e. The van der Waals surface area contributed by atoms with Crippen LogP contribution in [0.25, 0.3) is 10.1 Å². The van der Waals surface area contributed by atoms with Gasteiger partial charge < -0.3 is 14.6 Å². The Labute approximate surface area is 116 Å². The van der Waals surface area contributed by atoms with E-state index in [0.29, 0.717) is 5.92 Å². The number of nitrogens with zero attached hydrogens (tertiary/aromatic N) is 1. The molecule has 3 rings (SSSR count). The summed E-state index contributed by atoms with van der Waals surface area (Å²) in [6.45, 7) is 4.29. The van der Waals surface area contributed by atoms with Gasteiger partial charge in [0.05, 0.1) is 12.0 Å². The lowest BCUT2D eigenvalue weighted by molar-refractivity contribution is 0.185. The van der Waals surface area contributed by atoms with Gasteiger partial charge in [0.15, 0.2) is 0 Å². The predicted molar refractivity (Wildman–Crippen MR) is 77.9 cm³/mol. The molecule has 1 unspecified atom stereocenters. The molecular formula is C14H18N2O2S. The standard InChI is InChI=1S/C14H18N2O2S/c17-14-12-3-8-19-13(12)1-5-16(14)6-4-15-9-11-2-7-18-10-11/h1,3,5,8,11,15H,2,4,6-7,9-10H2. The second-order valence-corrected chi connectivity index (χ2v) is 5.89. The molecule has 4 nitrogen and oxygen atoms in total. The fraction of sp³-hybridized carbons (Fsp3) is 0.500. The molecule has 0 aromatic carbocycles. The predicted octanol–water partition coefficient (Wildman–Crippen LogP) is 1.69. The van der Waals surface area contributed by atoms with E-state index in [4.69, 9.17) is 4.74 Å². The largest absolute Gasteiger partial charge is 0.381 e. The zero-order valence-corrected chi connectivity index (χ0v) is 11.6. The highest BCUT2D eigenvalue weighted by Gasteiger charge is 2.14. The molecule has 1 fully saturated rings. The first-order chi connectivity index (χ1) is 9.34. The average molecular weight is 278 g/mol. The molecule has 1 atom stereocenters. The number of hydrogen-bond acceptors (Lipinski definition) is 4. The van der Waals surface area contributed by atoms with Crippen LogP contribution in [-0.2, 0) is 11.3 Å². The second-order valence-electron chi connectivity index (χ2n) is 4.95. The van der Waals surface area contributed by atoms with E-state index in [1.807, 2.05) is 23.7 Å². The van der Waals surface area contributed by atoms with Gasteiger partial charge in [-0.2, -0.15) is 0 Å². The number of nitrogens with one attached hydrogen (secondary N) is 1. The normalized spacial score (nSPS) is 19.3. The molecule has 5 heteroatoms. The molecule has 3 heterocycles. The number of aromatic nitrogens is 1. The molecular weight excluding hydrogens is 260 g/mol. The first-order valence-electron chi connectivity index (χ1n) is 6.70. The minimum Gasteiger partial charge on any atom is -0.381 e. The summed E-state index contributed by atoms with van der Waals surface area (Å²) >= 11 is 1.61. The Hall–Kier alpha value is -1.17. The summed E-state index contributed by atoms with van der Waals surface area (Å²) in [5.41, 5.74) is 0.116. The van der Waals surface area contributed by atoms with Crippen molar-refractivity contribution in [1.82, 2.24) is 9.88 Å². The van der Waals surface area contributed by atoms with Crippen molar-refractivity contribution >= 4 is 21.4 Å². The van der Waals surface area contributed by atoms with Gasteiger partial charge in [-0.3, -0.25) is 4.79 Å². The molecule has 0 amide bonds. The van der Waals surface area contributed by atoms with Crippen molar-refractivity contribution < 1.29 is 4.74 Å². The zero-order chi connectivity index (χ0) is 13.1. The number of ether oxygens (including phenoxy) is 1. The summed E-state index contributed by atoms with van der Waals surface area (Å²) < 4.78 is 8.19. The van der Waals surface area contributed by atoms with Crippen molar-refractivity contribution in [2.24, 2.45) is 5.92 Å². The van der Waals surface area contributed by atoms with Gasteiger partial charge in [0.25, 0.3) is 5.56 Å². The second kappa shape index (κ2) is 5.86. The molecule has 0 spiro atoms. The lowest BCUT2D eigenvalue weighted by Gasteiger charge is -2.10. The van der Waals surface area contributed by atoms with Crippen LogP contribution in [0, 0.1) is 5.92 Å². The Balaban J connectivity index is 1.56. The van der Waals surface area contributed by atoms with Crippen LogP contribution in [-0.4, -0.2) is 30.9 Å². The Morgan fingerprint density at radius 2 is 2.42 bits per heavy atom. The van der Waals surface area contributed by atoms with Crippen molar-refractivity contribution in [2.45, 2.75) is 13.0 Å². The quantitative estimate of drug-likeness (QED) is 0.846. The topological polar surface area (TPSA) is 43.3 Å². The maximum atomic E-state index is 12.2. The SMILES string of the molecule is O=c1c2ccsc2ccn1CCNCC1CCOC1. The van der Waals surface area contributed by atoms with Gasteiger partial charge in [0, 0.05) is 37.1 Å². The molecule has 19 heavy (non-hydrogen) atoms. The molecule has 1 N–H and O–H groups in total. The summed E-state index contributed by atoms with van der Waals surface area (Å²) in [5, 5.41) is 6.21. The monoisotopic (exact) mass is 278 g/mol. The van der Waals surface area contributed by atoms with E-state index in [2.05, 4.69) is 5.32 Å². The zero-order valence-electron chi connectivity index (χ0n) is 10.8. The number of hydrogen-bond donors (Lipinski definition) is 1. The summed E-state index contributed by atoms with van der Waals surface area (Å²) in [5.74, 6) is 0.635. The number of fused-ring (bicyclic) bond motifs is 1. The van der Waals surface area contributed by atoms with E-state index in [-0.39, 0.29) is 5.56 Å². The van der Waals surface area contributed by atoms with E-state index >= 15 is 0 Å². The lowest BCUT2D eigenvalue weighted by Crippen LogP contribution is -2.29. The first-order valence-corrected chi connectivity index (χ1v) is 7.57. The lowest BCUT2D eigenvalue weighted by atomic mass is 10.1. The highest BCUT2D eigenvalue weighted by Crippen LogP contribution is 2.16. The van der Waals surface area contributed by atoms with Crippen LogP contribution in [0.15, 0.2) is 28.5 Å². The molecule has 0 radical (unpaired) electrons. The average Bonchev–Trinajstić information content (AvgIpc) is 3.08. The summed E-state index contributed by atoms with van der Waals surface area (Å²) in [7, 11) is 0. The Morgan fingerprint density at radius 1 is 1.47 bits per heavy atom. The molecule has 1 aliphatic heterocycles. The third-order valence-corrected chi connectivity index (χ3v) is 4.46. The van der Waals surface area contributed by atoms with E-state index in [1.165, 1.54) is 0 Å². The molecule has 0 aliphatic carbocycles. The van der Waals surface area contributed by atoms with Crippen LogP contribution < -0.4 is 10.9 Å². The van der Waals surface area contributed by atoms with Gasteiger partial charge in [-0.1, -0.05) is 0 Å². The van der Waals surface area contributed by atoms with Crippen molar-refractivity contribution in [2.75, 3.05) is 26.3 Å². The minimum absolute atomic E-state index is 0.116. The summed E-state index contributed by atoms with van der Waals surface area (Å²) in [6.07, 6.45) is 3.04. The number of pyridine rings is 1. The third kappa shape index (κ3) is 2.88. The fourth-order valence-corrected chi connectivity index (χ4v) is 3.21. The van der Waals surface area contributed by atoms with Crippen LogP contribution in [0.5, 0.6) is 0 Å². The first kappa shape index (κ1) is 12.8. The van der Waals surface area contributed by atoms with Gasteiger partial charge >= 0.3 is 0 Å². The van der Waals surface area contributed by atoms with Crippen LogP contribution in [0.2, 0.25) is 0 Å². The minimum atomic E-state index is 0.116. The Bertz CT molecular complexity index is 599. The molecule has 1 aliphatic rings. The van der Waals surface area contributed by atoms with Crippen LogP contribution in [0.3, 0.4) is 0 Å². The molecule has 2 aromatic rings. The van der Waals surface area contributed by atoms with E-state index in [9.17, 15) is 4.79 Å². The van der Waals surface area contributed by atoms with E-state index in [0.717, 1.165) is 49.4 Å². The van der Waals surface area contributed by atoms with Crippen LogP contribution >= 0.6 is 11.3 Å². The Kier molecular flexibility index (Phi) is 3.96. The van der Waals surface area contributed by atoms with Crippen molar-refractivity contribution in [3.63, 3.8) is 0 Å². The highest BCUT2D eigenvalue weighted by atomic mass is 32.1. The number of thiophene rings is 1. The fourth-order valence-electron chi connectivity index (χ4n) is 2.43. The highest BCUT2D eigenvalue weighted by molar-refractivity contribution is 7.17. The van der Waals surface area contributed by atoms with Gasteiger partial charge in [0.1, 0.15) is 0 Å². The summed E-state index contributed by atoms with van der Waals surface area (Å²) in [6, 6.07) is 3.92. The molecule has 2 aromatic heterocycles. The van der Waals surface area contributed by atoms with E-state index < -0.39 is 0 Å².